The van der Waals surface area contributed by atoms with Crippen LogP contribution < -0.4 is 4.90 Å². The fourth-order valence-electron chi connectivity index (χ4n) is 2.77. The number of aromatic nitrogens is 2. The van der Waals surface area contributed by atoms with Crippen LogP contribution in [0.5, 0.6) is 0 Å². The van der Waals surface area contributed by atoms with Crippen LogP contribution >= 0.6 is 23.6 Å². The Morgan fingerprint density at radius 2 is 2.04 bits per heavy atom. The van der Waals surface area contributed by atoms with Crippen molar-refractivity contribution >= 4 is 34.6 Å². The molecule has 3 rings (SSSR count). The lowest BCUT2D eigenvalue weighted by atomic mass is 10.3. The van der Waals surface area contributed by atoms with Crippen molar-refractivity contribution in [3.8, 4) is 12.3 Å². The van der Waals surface area contributed by atoms with Crippen molar-refractivity contribution in [1.82, 2.24) is 19.6 Å². The van der Waals surface area contributed by atoms with Crippen LogP contribution in [0.15, 0.2) is 0 Å². The fraction of sp³-hybridized carbons (Fsp3) is 0.667. The quantitative estimate of drug-likeness (QED) is 0.593. The van der Waals surface area contributed by atoms with Crippen molar-refractivity contribution in [1.29, 1.82) is 0 Å². The Bertz CT molecular complexity index is 664. The third-order valence-corrected chi connectivity index (χ3v) is 5.47. The fourth-order valence-corrected chi connectivity index (χ4v) is 3.97. The van der Waals surface area contributed by atoms with Gasteiger partial charge in [0.1, 0.15) is 0 Å². The first-order chi connectivity index (χ1) is 11.1. The highest BCUT2D eigenvalue weighted by Gasteiger charge is 2.34. The molecule has 1 aromatic rings. The number of carbonyl (C=O) groups is 1. The molecule has 2 fully saturated rings. The van der Waals surface area contributed by atoms with Gasteiger partial charge in [0, 0.05) is 39.1 Å². The monoisotopic (exact) mass is 351 g/mol. The van der Waals surface area contributed by atoms with Crippen molar-refractivity contribution in [2.75, 3.05) is 37.6 Å². The van der Waals surface area contributed by atoms with Crippen molar-refractivity contribution in [2.45, 2.75) is 32.5 Å². The van der Waals surface area contributed by atoms with Crippen molar-refractivity contribution in [3.05, 3.63) is 3.95 Å². The van der Waals surface area contributed by atoms with Gasteiger partial charge < -0.3 is 0 Å². The zero-order valence-corrected chi connectivity index (χ0v) is 14.9. The van der Waals surface area contributed by atoms with Gasteiger partial charge in [-0.25, -0.2) is 4.68 Å². The lowest BCUT2D eigenvalue weighted by Gasteiger charge is -2.33. The maximum atomic E-state index is 11.9. The van der Waals surface area contributed by atoms with Crippen LogP contribution in [0, 0.1) is 16.3 Å². The summed E-state index contributed by atoms with van der Waals surface area (Å²) in [5.41, 5.74) is 0. The minimum Gasteiger partial charge on any atom is -0.290 e. The number of carbonyl (C=O) groups excluding carboxylic acids is 1. The molecule has 1 amide bonds. The molecule has 0 spiro atoms. The summed E-state index contributed by atoms with van der Waals surface area (Å²) in [5, 5.41) is 5.32. The molecule has 0 aromatic carbocycles. The molecule has 8 heteroatoms. The molecule has 0 unspecified atom stereocenters. The molecular formula is C15H21N5OS2. The van der Waals surface area contributed by atoms with E-state index in [1.165, 1.54) is 11.3 Å². The van der Waals surface area contributed by atoms with Crippen LogP contribution in [0.3, 0.4) is 0 Å². The summed E-state index contributed by atoms with van der Waals surface area (Å²) >= 11 is 6.86. The average molecular weight is 352 g/mol. The molecule has 124 valence electrons. The second kappa shape index (κ2) is 7.09. The highest BCUT2D eigenvalue weighted by Crippen LogP contribution is 2.33. The number of rotatable bonds is 5. The van der Waals surface area contributed by atoms with Gasteiger partial charge in [-0.2, -0.15) is 0 Å². The van der Waals surface area contributed by atoms with Gasteiger partial charge in [-0.05, 0) is 25.1 Å². The molecule has 0 bridgehead atoms. The van der Waals surface area contributed by atoms with E-state index in [9.17, 15) is 4.79 Å². The lowest BCUT2D eigenvalue weighted by molar-refractivity contribution is -0.116. The number of nitrogens with zero attached hydrogens (tertiary/aromatic N) is 5. The average Bonchev–Trinajstić information content (AvgIpc) is 3.26. The van der Waals surface area contributed by atoms with Crippen LogP contribution in [0.4, 0.5) is 5.13 Å². The van der Waals surface area contributed by atoms with Crippen LogP contribution in [-0.4, -0.2) is 64.3 Å². The zero-order chi connectivity index (χ0) is 16.4. The molecule has 1 aliphatic heterocycles. The normalized spacial score (nSPS) is 19.5. The first-order valence-electron chi connectivity index (χ1n) is 7.84. The molecule has 0 radical (unpaired) electrons. The standard InChI is InChI=1S/C15H21N5OS2/c1-3-6-17-7-9-18(10-8-17)11-19-15(22)23-14(16-19)20(12(2)21)13-4-5-13/h1,13H,4-11H2,2H3. The van der Waals surface area contributed by atoms with E-state index in [1.54, 1.807) is 11.8 Å². The second-order valence-corrected chi connectivity index (χ2v) is 7.61. The predicted octanol–water partition coefficient (Wildman–Crippen LogP) is 1.40. The molecule has 1 saturated heterocycles. The third kappa shape index (κ3) is 3.98. The smallest absolute Gasteiger partial charge is 0.225 e. The van der Waals surface area contributed by atoms with Crippen LogP contribution in [-0.2, 0) is 11.5 Å². The summed E-state index contributed by atoms with van der Waals surface area (Å²) in [7, 11) is 0. The largest absolute Gasteiger partial charge is 0.290 e. The Labute approximate surface area is 145 Å². The van der Waals surface area contributed by atoms with Gasteiger partial charge in [-0.15, -0.1) is 11.5 Å². The molecule has 0 atom stereocenters. The van der Waals surface area contributed by atoms with Gasteiger partial charge in [0.05, 0.1) is 13.2 Å². The molecule has 6 nitrogen and oxygen atoms in total. The Morgan fingerprint density at radius 3 is 2.61 bits per heavy atom. The van der Waals surface area contributed by atoms with Gasteiger partial charge in [0.2, 0.25) is 11.0 Å². The summed E-state index contributed by atoms with van der Waals surface area (Å²) in [6, 6.07) is 0.314. The molecule has 1 aromatic heterocycles. The van der Waals surface area contributed by atoms with Crippen molar-refractivity contribution in [3.63, 3.8) is 0 Å². The Morgan fingerprint density at radius 1 is 1.39 bits per heavy atom. The van der Waals surface area contributed by atoms with Crippen molar-refractivity contribution < 1.29 is 4.79 Å². The maximum absolute atomic E-state index is 11.9. The van der Waals surface area contributed by atoms with E-state index in [2.05, 4.69) is 20.8 Å². The van der Waals surface area contributed by atoms with Crippen LogP contribution in [0.1, 0.15) is 19.8 Å². The van der Waals surface area contributed by atoms with Gasteiger partial charge in [-0.3, -0.25) is 19.5 Å². The Balaban J connectivity index is 1.64. The summed E-state index contributed by atoms with van der Waals surface area (Å²) in [5.74, 6) is 2.74. The molecule has 23 heavy (non-hydrogen) atoms. The zero-order valence-electron chi connectivity index (χ0n) is 13.3. The van der Waals surface area contributed by atoms with Gasteiger partial charge in [0.25, 0.3) is 0 Å². The number of piperazine rings is 1. The molecular weight excluding hydrogens is 330 g/mol. The summed E-state index contributed by atoms with van der Waals surface area (Å²) in [4.78, 5) is 18.2. The summed E-state index contributed by atoms with van der Waals surface area (Å²) < 4.78 is 2.56. The number of anilines is 1. The first kappa shape index (κ1) is 16.6. The maximum Gasteiger partial charge on any atom is 0.225 e. The van der Waals surface area contributed by atoms with Crippen molar-refractivity contribution in [2.24, 2.45) is 0 Å². The minimum absolute atomic E-state index is 0.0475. The molecule has 2 aliphatic rings. The van der Waals surface area contributed by atoms with E-state index in [0.717, 1.165) is 48.1 Å². The van der Waals surface area contributed by atoms with E-state index >= 15 is 0 Å². The Kier molecular flexibility index (Phi) is 5.11. The van der Waals surface area contributed by atoms with E-state index < -0.39 is 0 Å². The number of hydrogen-bond acceptors (Lipinski definition) is 6. The van der Waals surface area contributed by atoms with Gasteiger partial charge in [0.15, 0.2) is 3.95 Å². The summed E-state index contributed by atoms with van der Waals surface area (Å²) in [6.07, 6.45) is 7.48. The number of hydrogen-bond donors (Lipinski definition) is 0. The van der Waals surface area contributed by atoms with E-state index in [1.807, 2.05) is 4.68 Å². The van der Waals surface area contributed by atoms with Crippen LogP contribution in [0.25, 0.3) is 0 Å². The topological polar surface area (TPSA) is 44.6 Å². The number of amides is 1. The molecule has 1 saturated carbocycles. The minimum atomic E-state index is 0.0475. The predicted molar refractivity (Wildman–Crippen MR) is 94.0 cm³/mol. The highest BCUT2D eigenvalue weighted by atomic mass is 32.1. The highest BCUT2D eigenvalue weighted by molar-refractivity contribution is 7.73. The Hall–Kier alpha value is -1.27. The molecule has 1 aliphatic carbocycles. The second-order valence-electron chi connectivity index (χ2n) is 6.01. The van der Waals surface area contributed by atoms with E-state index in [4.69, 9.17) is 18.6 Å². The summed E-state index contributed by atoms with van der Waals surface area (Å²) in [6.45, 7) is 6.83. The van der Waals surface area contributed by atoms with E-state index in [0.29, 0.717) is 19.3 Å². The number of terminal acetylenes is 1. The first-order valence-corrected chi connectivity index (χ1v) is 9.07. The third-order valence-electron chi connectivity index (χ3n) is 4.17. The lowest BCUT2D eigenvalue weighted by Crippen LogP contribution is -2.46. The SMILES string of the molecule is C#CCN1CCN(Cn2nc(N(C(C)=O)C3CC3)sc2=S)CC1. The van der Waals surface area contributed by atoms with E-state index in [-0.39, 0.29) is 5.91 Å². The van der Waals surface area contributed by atoms with Gasteiger partial charge in [-0.1, -0.05) is 17.3 Å². The van der Waals surface area contributed by atoms with Gasteiger partial charge >= 0.3 is 0 Å². The molecule has 2 heterocycles. The molecule has 0 N–H and O–H groups in total. The van der Waals surface area contributed by atoms with Crippen LogP contribution in [0.2, 0.25) is 0 Å².